The minimum absolute atomic E-state index is 0.0898. The Morgan fingerprint density at radius 2 is 2.22 bits per heavy atom. The SMILES string of the molecule is O=C(O)c1ccnnc1NCc1cccc(Cl)c1. The Kier molecular flexibility index (Phi) is 3.74. The van der Waals surface area contributed by atoms with Gasteiger partial charge in [-0.3, -0.25) is 0 Å². The van der Waals surface area contributed by atoms with Crippen molar-refractivity contribution in [3.05, 3.63) is 52.7 Å². The van der Waals surface area contributed by atoms with Gasteiger partial charge in [-0.1, -0.05) is 23.7 Å². The highest BCUT2D eigenvalue weighted by Crippen LogP contribution is 2.14. The van der Waals surface area contributed by atoms with Crippen molar-refractivity contribution in [3.8, 4) is 0 Å². The highest BCUT2D eigenvalue weighted by Gasteiger charge is 2.10. The number of nitrogens with zero attached hydrogens (tertiary/aromatic N) is 2. The first-order valence-corrected chi connectivity index (χ1v) is 5.58. The molecular weight excluding hydrogens is 254 g/mol. The van der Waals surface area contributed by atoms with Crippen molar-refractivity contribution < 1.29 is 9.90 Å². The van der Waals surface area contributed by atoms with E-state index in [0.29, 0.717) is 11.6 Å². The average molecular weight is 264 g/mol. The van der Waals surface area contributed by atoms with E-state index < -0.39 is 5.97 Å². The van der Waals surface area contributed by atoms with Crippen LogP contribution in [0.25, 0.3) is 0 Å². The summed E-state index contributed by atoms with van der Waals surface area (Å²) in [6.07, 6.45) is 1.34. The maximum Gasteiger partial charge on any atom is 0.339 e. The first kappa shape index (κ1) is 12.3. The molecule has 18 heavy (non-hydrogen) atoms. The molecule has 0 radical (unpaired) electrons. The predicted molar refractivity (Wildman–Crippen MR) is 67.8 cm³/mol. The van der Waals surface area contributed by atoms with E-state index in [1.165, 1.54) is 12.3 Å². The van der Waals surface area contributed by atoms with E-state index in [1.807, 2.05) is 12.1 Å². The molecular formula is C12H10ClN3O2. The normalized spacial score (nSPS) is 10.1. The standard InChI is InChI=1S/C12H10ClN3O2/c13-9-3-1-2-8(6-9)7-14-11-10(12(17)18)4-5-15-16-11/h1-6H,7H2,(H,14,16)(H,17,18). The van der Waals surface area contributed by atoms with E-state index in [1.54, 1.807) is 12.1 Å². The summed E-state index contributed by atoms with van der Waals surface area (Å²) in [5, 5.41) is 20.0. The molecule has 1 aromatic carbocycles. The van der Waals surface area contributed by atoms with Gasteiger partial charge in [0, 0.05) is 11.6 Å². The second-order valence-corrected chi connectivity index (χ2v) is 4.02. The number of rotatable bonds is 4. The summed E-state index contributed by atoms with van der Waals surface area (Å²) in [7, 11) is 0. The monoisotopic (exact) mass is 263 g/mol. The largest absolute Gasteiger partial charge is 0.478 e. The zero-order valence-corrected chi connectivity index (χ0v) is 10.1. The van der Waals surface area contributed by atoms with Gasteiger partial charge in [-0.25, -0.2) is 4.79 Å². The van der Waals surface area contributed by atoms with Crippen molar-refractivity contribution in [1.29, 1.82) is 0 Å². The van der Waals surface area contributed by atoms with Crippen LogP contribution in [0, 0.1) is 0 Å². The summed E-state index contributed by atoms with van der Waals surface area (Å²) in [5.41, 5.74) is 1.02. The fourth-order valence-corrected chi connectivity index (χ4v) is 1.68. The maximum absolute atomic E-state index is 11.0. The Bertz CT molecular complexity index is 575. The third kappa shape index (κ3) is 2.95. The molecule has 0 aliphatic heterocycles. The van der Waals surface area contributed by atoms with Crippen LogP contribution in [0.5, 0.6) is 0 Å². The van der Waals surface area contributed by atoms with Crippen LogP contribution in [-0.4, -0.2) is 21.3 Å². The van der Waals surface area contributed by atoms with E-state index in [4.69, 9.17) is 16.7 Å². The van der Waals surface area contributed by atoms with Crippen molar-refractivity contribution in [3.63, 3.8) is 0 Å². The summed E-state index contributed by atoms with van der Waals surface area (Å²) < 4.78 is 0. The molecule has 0 saturated heterocycles. The smallest absolute Gasteiger partial charge is 0.339 e. The van der Waals surface area contributed by atoms with Gasteiger partial charge in [0.25, 0.3) is 0 Å². The number of nitrogens with one attached hydrogen (secondary N) is 1. The Hall–Kier alpha value is -2.14. The molecule has 0 spiro atoms. The number of carbonyl (C=O) groups is 1. The van der Waals surface area contributed by atoms with Crippen molar-refractivity contribution in [2.45, 2.75) is 6.54 Å². The molecule has 0 aliphatic carbocycles. The molecule has 92 valence electrons. The van der Waals surface area contributed by atoms with Crippen LogP contribution in [0.3, 0.4) is 0 Å². The zero-order valence-electron chi connectivity index (χ0n) is 9.30. The first-order valence-electron chi connectivity index (χ1n) is 5.20. The summed E-state index contributed by atoms with van der Waals surface area (Å²) in [4.78, 5) is 11.0. The van der Waals surface area contributed by atoms with E-state index in [-0.39, 0.29) is 11.4 Å². The van der Waals surface area contributed by atoms with Crippen LogP contribution in [-0.2, 0) is 6.54 Å². The molecule has 0 unspecified atom stereocenters. The Morgan fingerprint density at radius 3 is 2.94 bits per heavy atom. The summed E-state index contributed by atoms with van der Waals surface area (Å²) in [5.74, 6) is -0.802. The van der Waals surface area contributed by atoms with Gasteiger partial charge in [-0.2, -0.15) is 5.10 Å². The van der Waals surface area contributed by atoms with Gasteiger partial charge in [0.1, 0.15) is 5.56 Å². The van der Waals surface area contributed by atoms with Crippen molar-refractivity contribution in [1.82, 2.24) is 10.2 Å². The Morgan fingerprint density at radius 1 is 1.39 bits per heavy atom. The maximum atomic E-state index is 11.0. The number of carboxylic acids is 1. The van der Waals surface area contributed by atoms with Gasteiger partial charge in [0.15, 0.2) is 5.82 Å². The molecule has 2 aromatic rings. The molecule has 5 nitrogen and oxygen atoms in total. The summed E-state index contributed by atoms with van der Waals surface area (Å²) >= 11 is 5.86. The lowest BCUT2D eigenvalue weighted by Crippen LogP contribution is -2.09. The number of aromatic carboxylic acids is 1. The fourth-order valence-electron chi connectivity index (χ4n) is 1.47. The van der Waals surface area contributed by atoms with Crippen LogP contribution in [0.2, 0.25) is 5.02 Å². The van der Waals surface area contributed by atoms with E-state index in [9.17, 15) is 4.79 Å². The fraction of sp³-hybridized carbons (Fsp3) is 0.0833. The van der Waals surface area contributed by atoms with Crippen LogP contribution >= 0.6 is 11.6 Å². The Balaban J connectivity index is 2.13. The number of benzene rings is 1. The Labute approximate surface area is 108 Å². The third-order valence-corrected chi connectivity index (χ3v) is 2.54. The van der Waals surface area contributed by atoms with Gasteiger partial charge >= 0.3 is 5.97 Å². The highest BCUT2D eigenvalue weighted by molar-refractivity contribution is 6.30. The van der Waals surface area contributed by atoms with E-state index >= 15 is 0 Å². The molecule has 1 heterocycles. The van der Waals surface area contributed by atoms with Gasteiger partial charge < -0.3 is 10.4 Å². The molecule has 0 saturated carbocycles. The lowest BCUT2D eigenvalue weighted by atomic mass is 10.2. The predicted octanol–water partition coefficient (Wildman–Crippen LogP) is 2.44. The van der Waals surface area contributed by atoms with E-state index in [0.717, 1.165) is 5.56 Å². The van der Waals surface area contributed by atoms with Crippen LogP contribution < -0.4 is 5.32 Å². The lowest BCUT2D eigenvalue weighted by molar-refractivity contribution is 0.0697. The highest BCUT2D eigenvalue weighted by atomic mass is 35.5. The summed E-state index contributed by atoms with van der Waals surface area (Å²) in [6.45, 7) is 0.430. The molecule has 2 N–H and O–H groups in total. The number of hydrogen-bond donors (Lipinski definition) is 2. The average Bonchev–Trinajstić information content (AvgIpc) is 2.37. The minimum atomic E-state index is -1.04. The summed E-state index contributed by atoms with van der Waals surface area (Å²) in [6, 6.07) is 8.68. The quantitative estimate of drug-likeness (QED) is 0.886. The van der Waals surface area contributed by atoms with Crippen molar-refractivity contribution >= 4 is 23.4 Å². The minimum Gasteiger partial charge on any atom is -0.478 e. The van der Waals surface area contributed by atoms with Gasteiger partial charge in [0.05, 0.1) is 6.20 Å². The number of hydrogen-bond acceptors (Lipinski definition) is 4. The van der Waals surface area contributed by atoms with Crippen molar-refractivity contribution in [2.24, 2.45) is 0 Å². The molecule has 2 rings (SSSR count). The molecule has 0 bridgehead atoms. The second-order valence-electron chi connectivity index (χ2n) is 3.58. The number of anilines is 1. The molecule has 1 aromatic heterocycles. The lowest BCUT2D eigenvalue weighted by Gasteiger charge is -2.07. The van der Waals surface area contributed by atoms with Crippen molar-refractivity contribution in [2.75, 3.05) is 5.32 Å². The van der Waals surface area contributed by atoms with Gasteiger partial charge in [-0.15, -0.1) is 5.10 Å². The third-order valence-electron chi connectivity index (χ3n) is 2.30. The molecule has 0 fully saturated rings. The molecule has 0 atom stereocenters. The van der Waals surface area contributed by atoms with Crippen LogP contribution in [0.15, 0.2) is 36.5 Å². The molecule has 0 amide bonds. The number of carboxylic acid groups (broad SMARTS) is 1. The first-order chi connectivity index (χ1) is 8.66. The van der Waals surface area contributed by atoms with Gasteiger partial charge in [0.2, 0.25) is 0 Å². The second kappa shape index (κ2) is 5.46. The van der Waals surface area contributed by atoms with E-state index in [2.05, 4.69) is 15.5 Å². The number of aromatic nitrogens is 2. The number of halogens is 1. The van der Waals surface area contributed by atoms with Gasteiger partial charge in [-0.05, 0) is 23.8 Å². The zero-order chi connectivity index (χ0) is 13.0. The molecule has 6 heteroatoms. The van der Waals surface area contributed by atoms with Crippen LogP contribution in [0.4, 0.5) is 5.82 Å². The molecule has 0 aliphatic rings. The topological polar surface area (TPSA) is 75.1 Å². The van der Waals surface area contributed by atoms with Crippen LogP contribution in [0.1, 0.15) is 15.9 Å².